The lowest BCUT2D eigenvalue weighted by Gasteiger charge is -2.43. The van der Waals surface area contributed by atoms with Crippen LogP contribution in [-0.2, 0) is 119 Å². The van der Waals surface area contributed by atoms with Crippen molar-refractivity contribution in [2.24, 2.45) is 91.7 Å². The Hall–Kier alpha value is -6.61. The molecule has 0 aromatic carbocycles. The molecule has 13 rings (SSSR count). The summed E-state index contributed by atoms with van der Waals surface area (Å²) in [6.07, 6.45) is -0.325. The number of esters is 12. The van der Waals surface area contributed by atoms with E-state index in [1.54, 1.807) is 48.5 Å². The number of methoxy groups -OCH3 is 1. The molecular formula is C69H95F3O25. The molecule has 4 aliphatic heterocycles. The molecule has 0 N–H and O–H groups in total. The van der Waals surface area contributed by atoms with Gasteiger partial charge in [-0.15, -0.1) is 0 Å². The second kappa shape index (κ2) is 28.2. The van der Waals surface area contributed by atoms with Crippen LogP contribution in [0.25, 0.3) is 0 Å². The van der Waals surface area contributed by atoms with Crippen molar-refractivity contribution in [2.75, 3.05) is 40.1 Å². The Labute approximate surface area is 561 Å². The number of alkyl halides is 3. The summed E-state index contributed by atoms with van der Waals surface area (Å²) >= 11 is 0. The average molecular weight is 1380 g/mol. The summed E-state index contributed by atoms with van der Waals surface area (Å²) in [5, 5.41) is 0. The van der Waals surface area contributed by atoms with Crippen LogP contribution in [0.3, 0.4) is 0 Å². The zero-order chi connectivity index (χ0) is 71.4. The third-order valence-electron chi connectivity index (χ3n) is 23.7. The first kappa shape index (κ1) is 74.6. The summed E-state index contributed by atoms with van der Waals surface area (Å²) in [7, 11) is 1.24. The predicted octanol–water partition coefficient (Wildman–Crippen LogP) is 7.57. The van der Waals surface area contributed by atoms with Crippen LogP contribution in [-0.4, -0.2) is 167 Å². The van der Waals surface area contributed by atoms with Crippen LogP contribution in [0, 0.1) is 91.7 Å². The number of carbonyl (C=O) groups excluding carboxylic acids is 12. The maximum atomic E-state index is 13.4. The molecule has 9 saturated carbocycles. The molecule has 97 heavy (non-hydrogen) atoms. The van der Waals surface area contributed by atoms with E-state index in [0.717, 1.165) is 38.5 Å². The number of halogens is 3. The predicted molar refractivity (Wildman–Crippen MR) is 323 cm³/mol. The Morgan fingerprint density at radius 1 is 0.464 bits per heavy atom. The van der Waals surface area contributed by atoms with Crippen LogP contribution in [0.1, 0.15) is 173 Å². The van der Waals surface area contributed by atoms with E-state index in [1.165, 1.54) is 7.11 Å². The first-order valence-electron chi connectivity index (χ1n) is 34.3. The second-order valence-corrected chi connectivity index (χ2v) is 30.8. The maximum Gasteiger partial charge on any atom is 0.405 e. The van der Waals surface area contributed by atoms with Crippen molar-refractivity contribution in [3.05, 3.63) is 0 Å². The van der Waals surface area contributed by atoms with Gasteiger partial charge in [-0.1, -0.05) is 27.7 Å². The van der Waals surface area contributed by atoms with Gasteiger partial charge in [-0.25, -0.2) is 14.4 Å². The van der Waals surface area contributed by atoms with Crippen LogP contribution in [0.15, 0.2) is 0 Å². The summed E-state index contributed by atoms with van der Waals surface area (Å²) in [6.45, 7) is 21.1. The highest BCUT2D eigenvalue weighted by Gasteiger charge is 2.81. The molecule has 4 saturated heterocycles. The smallest absolute Gasteiger partial charge is 0.405 e. The normalized spacial score (nSPS) is 35.1. The molecular weight excluding hydrogens is 1290 g/mol. The van der Waals surface area contributed by atoms with Gasteiger partial charge in [-0.05, 0) is 145 Å². The van der Waals surface area contributed by atoms with Crippen LogP contribution in [0.5, 0.6) is 0 Å². The van der Waals surface area contributed by atoms with Gasteiger partial charge in [0.15, 0.2) is 30.7 Å². The quantitative estimate of drug-likeness (QED) is 0.0412. The third kappa shape index (κ3) is 14.1. The molecule has 4 heterocycles. The Bertz CT molecular complexity index is 3080. The number of fused-ring (bicyclic) bond motifs is 4. The largest absolute Gasteiger partial charge is 0.468 e. The van der Waals surface area contributed by atoms with Gasteiger partial charge < -0.3 is 61.6 Å². The molecule has 28 heteroatoms. The highest BCUT2D eigenvalue weighted by Crippen LogP contribution is 2.68. The lowest BCUT2D eigenvalue weighted by molar-refractivity contribution is -0.231. The van der Waals surface area contributed by atoms with Gasteiger partial charge in [0.2, 0.25) is 0 Å². The third-order valence-corrected chi connectivity index (χ3v) is 23.7. The molecule has 13 fully saturated rings. The highest BCUT2D eigenvalue weighted by molar-refractivity contribution is 6.03. The minimum atomic E-state index is -4.69. The fraction of sp³-hybridized carbons (Fsp3) is 0.826. The minimum absolute atomic E-state index is 0.0168. The van der Waals surface area contributed by atoms with E-state index in [0.29, 0.717) is 57.2 Å². The van der Waals surface area contributed by atoms with E-state index < -0.39 is 148 Å². The summed E-state index contributed by atoms with van der Waals surface area (Å²) in [4.78, 5) is 143. The average Bonchev–Trinajstić information content (AvgIpc) is 1.53. The molecule has 0 radical (unpaired) electrons. The van der Waals surface area contributed by atoms with Crippen molar-refractivity contribution in [1.29, 1.82) is 0 Å². The summed E-state index contributed by atoms with van der Waals surface area (Å²) in [6, 6.07) is 0. The Morgan fingerprint density at radius 2 is 0.887 bits per heavy atom. The van der Waals surface area contributed by atoms with Crippen LogP contribution in [0.2, 0.25) is 0 Å². The van der Waals surface area contributed by atoms with Gasteiger partial charge in [0.05, 0.1) is 59.9 Å². The molecule has 13 aliphatic rings. The number of hydrogen-bond acceptors (Lipinski definition) is 25. The number of hydrogen-bond donors (Lipinski definition) is 0. The molecule has 0 aromatic rings. The van der Waals surface area contributed by atoms with E-state index in [9.17, 15) is 70.7 Å². The summed E-state index contributed by atoms with van der Waals surface area (Å²) in [5.41, 5.74) is -6.18. The molecule has 9 aliphatic carbocycles. The maximum absolute atomic E-state index is 13.4. The van der Waals surface area contributed by atoms with E-state index in [4.69, 9.17) is 61.6 Å². The topological polar surface area (TPSA) is 325 Å². The van der Waals surface area contributed by atoms with Gasteiger partial charge in [0.25, 0.3) is 0 Å². The van der Waals surface area contributed by atoms with Crippen molar-refractivity contribution < 1.29 is 132 Å². The summed E-state index contributed by atoms with van der Waals surface area (Å²) < 4.78 is 109. The molecule has 20 atom stereocenters. The van der Waals surface area contributed by atoms with Crippen LogP contribution >= 0.6 is 0 Å². The van der Waals surface area contributed by atoms with Crippen molar-refractivity contribution in [3.63, 3.8) is 0 Å². The van der Waals surface area contributed by atoms with Gasteiger partial charge in [0.1, 0.15) is 42.7 Å². The standard InChI is InChI=1S/C18H24O8.C17H21F3O6.C17H24O6.C17H26O5/c1-5-17(2,3)14(20)24-8-11(19)25-12-9-6-10-13(12)26-16(22)18(10,7-9)15(21)23-4;1-4-15(2,3)13(22)24-7-10(21)25-11-8-5-9-12(11)26-14(23)16(9,6-8)17(18,19)20;1-4-17(2,3)16(20)21-8-12(18)22-13-9-5-6-10-11(7-9)15(19)23-14(10)13;1-4-17(2,3)16(19)21-7-5-6-20-13-10-8-11-12(9-10)15(18)22-14(11)13/h9-10,12-13H,5-8H2,1-4H3;8-9,11-12H,4-7H2,1-3H3;9-11,13-14H,4-8H2,1-3H3;10-14H,4-9H2,1-3H3. The molecule has 0 aromatic heterocycles. The van der Waals surface area contributed by atoms with Crippen molar-refractivity contribution in [2.45, 2.75) is 228 Å². The SMILES string of the molecule is CCC(C)(C)C(=O)OCC(=O)OC1C2CC3C1OC(=O)C3(C(=O)OC)C2.CCC(C)(C)C(=O)OCC(=O)OC1C2CC3C1OC(=O)C3(C(F)(F)F)C2.CCC(C)(C)C(=O)OCC(=O)OC1C2CCC3C(C2)C(=O)OC31.CCC(C)(C)C(=O)OCCCOC1C2CC3C(=O)OC1C3C2. The van der Waals surface area contributed by atoms with E-state index in [1.807, 2.05) is 34.6 Å². The Morgan fingerprint density at radius 3 is 1.37 bits per heavy atom. The van der Waals surface area contributed by atoms with Crippen LogP contribution in [0.4, 0.5) is 13.2 Å². The molecule has 0 spiro atoms. The Balaban J connectivity index is 0.000000152. The number of rotatable bonds is 23. The molecule has 25 nitrogen and oxygen atoms in total. The monoisotopic (exact) mass is 1380 g/mol. The van der Waals surface area contributed by atoms with Gasteiger partial charge in [0, 0.05) is 47.8 Å². The first-order chi connectivity index (χ1) is 45.4. The van der Waals surface area contributed by atoms with Gasteiger partial charge in [-0.2, -0.15) is 13.2 Å². The van der Waals surface area contributed by atoms with Crippen molar-refractivity contribution in [3.8, 4) is 0 Å². The Kier molecular flexibility index (Phi) is 21.7. The first-order valence-corrected chi connectivity index (χ1v) is 34.3. The van der Waals surface area contributed by atoms with E-state index in [-0.39, 0.29) is 97.3 Å². The van der Waals surface area contributed by atoms with Gasteiger partial charge in [-0.3, -0.25) is 43.2 Å². The van der Waals surface area contributed by atoms with Gasteiger partial charge >= 0.3 is 77.8 Å². The van der Waals surface area contributed by atoms with Crippen molar-refractivity contribution >= 4 is 71.6 Å². The molecule has 20 unspecified atom stereocenters. The number of carbonyl (C=O) groups is 12. The second-order valence-electron chi connectivity index (χ2n) is 30.8. The zero-order valence-electron chi connectivity index (χ0n) is 57.7. The number of ether oxygens (including phenoxy) is 13. The fourth-order valence-corrected chi connectivity index (χ4v) is 16.3. The summed E-state index contributed by atoms with van der Waals surface area (Å²) in [5.74, 6) is -7.15. The highest BCUT2D eigenvalue weighted by atomic mass is 19.4. The fourth-order valence-electron chi connectivity index (χ4n) is 16.3. The van der Waals surface area contributed by atoms with E-state index in [2.05, 4.69) is 0 Å². The van der Waals surface area contributed by atoms with Crippen LogP contribution < -0.4 is 0 Å². The minimum Gasteiger partial charge on any atom is -0.468 e. The molecule has 542 valence electrons. The molecule has 10 bridgehead atoms. The van der Waals surface area contributed by atoms with Crippen molar-refractivity contribution in [1.82, 2.24) is 0 Å². The van der Waals surface area contributed by atoms with E-state index >= 15 is 0 Å². The molecule has 0 amide bonds. The lowest BCUT2D eigenvalue weighted by Crippen LogP contribution is -2.50. The zero-order valence-corrected chi connectivity index (χ0v) is 57.7. The lowest BCUT2D eigenvalue weighted by atomic mass is 9.63.